The second-order valence-corrected chi connectivity index (χ2v) is 7.92. The average molecular weight is 408 g/mol. The maximum absolute atomic E-state index is 12.0. The summed E-state index contributed by atoms with van der Waals surface area (Å²) in [5, 5.41) is 17.7. The highest BCUT2D eigenvalue weighted by atomic mass is 16.6. The normalized spacial score (nSPS) is 13.0. The summed E-state index contributed by atoms with van der Waals surface area (Å²) in [6, 6.07) is 0.0137. The van der Waals surface area contributed by atoms with Gasteiger partial charge in [0.1, 0.15) is 18.0 Å². The molecule has 1 heterocycles. The van der Waals surface area contributed by atoms with Gasteiger partial charge in [-0.2, -0.15) is 0 Å². The minimum atomic E-state index is -0.525. The first kappa shape index (κ1) is 24.5. The summed E-state index contributed by atoms with van der Waals surface area (Å²) in [6.45, 7) is 14.7. The maximum Gasteiger partial charge on any atom is 0.407 e. The van der Waals surface area contributed by atoms with Crippen LogP contribution in [0.15, 0.2) is 17.6 Å². The van der Waals surface area contributed by atoms with E-state index in [4.69, 9.17) is 4.74 Å². The van der Waals surface area contributed by atoms with E-state index in [2.05, 4.69) is 44.6 Å². The molecule has 0 aliphatic heterocycles. The van der Waals surface area contributed by atoms with Crippen molar-refractivity contribution in [3.63, 3.8) is 0 Å². The van der Waals surface area contributed by atoms with Gasteiger partial charge in [-0.3, -0.25) is 0 Å². The Balaban J connectivity index is 2.79. The first-order chi connectivity index (χ1) is 13.7. The van der Waals surface area contributed by atoms with Gasteiger partial charge in [0, 0.05) is 26.2 Å². The largest absolute Gasteiger partial charge is 0.444 e. The summed E-state index contributed by atoms with van der Waals surface area (Å²) < 4.78 is 7.24. The summed E-state index contributed by atoms with van der Waals surface area (Å²) >= 11 is 0. The number of aromatic nitrogens is 3. The van der Waals surface area contributed by atoms with Crippen LogP contribution in [-0.4, -0.2) is 51.5 Å². The fourth-order valence-corrected chi connectivity index (χ4v) is 2.45. The van der Waals surface area contributed by atoms with Gasteiger partial charge in [-0.25, -0.2) is 9.79 Å². The van der Waals surface area contributed by atoms with Gasteiger partial charge >= 0.3 is 6.09 Å². The number of hydrogen-bond acceptors (Lipinski definition) is 5. The third kappa shape index (κ3) is 9.96. The van der Waals surface area contributed by atoms with E-state index < -0.39 is 11.7 Å². The zero-order valence-electron chi connectivity index (χ0n) is 18.7. The molecule has 0 bridgehead atoms. The zero-order chi connectivity index (χ0) is 21.9. The summed E-state index contributed by atoms with van der Waals surface area (Å²) in [7, 11) is 1.92. The predicted octanol–water partition coefficient (Wildman–Crippen LogP) is 2.43. The van der Waals surface area contributed by atoms with Crippen LogP contribution in [0.1, 0.15) is 58.6 Å². The average Bonchev–Trinajstić information content (AvgIpc) is 2.96. The number of ether oxygens (including phenoxy) is 1. The van der Waals surface area contributed by atoms with Crippen molar-refractivity contribution >= 4 is 12.1 Å². The Kier molecular flexibility index (Phi) is 10.2. The van der Waals surface area contributed by atoms with Gasteiger partial charge in [-0.15, -0.1) is 16.8 Å². The minimum absolute atomic E-state index is 0.0137. The number of aryl methyl sites for hydroxylation is 1. The molecule has 9 nitrogen and oxygen atoms in total. The van der Waals surface area contributed by atoms with Crippen molar-refractivity contribution in [1.82, 2.24) is 30.7 Å². The molecule has 0 aliphatic rings. The third-order valence-electron chi connectivity index (χ3n) is 4.11. The minimum Gasteiger partial charge on any atom is -0.444 e. The number of unbranched alkanes of at least 4 members (excludes halogenated alkanes) is 1. The molecule has 1 amide bonds. The van der Waals surface area contributed by atoms with Crippen LogP contribution in [0.25, 0.3) is 0 Å². The Hall–Kier alpha value is -2.58. The molecule has 1 unspecified atom stereocenters. The number of rotatable bonds is 10. The number of hydrogen-bond donors (Lipinski definition) is 3. The van der Waals surface area contributed by atoms with E-state index in [1.165, 1.54) is 0 Å². The van der Waals surface area contributed by atoms with Crippen LogP contribution in [0.5, 0.6) is 0 Å². The van der Waals surface area contributed by atoms with Crippen LogP contribution in [-0.2, 0) is 18.3 Å². The van der Waals surface area contributed by atoms with Crippen molar-refractivity contribution < 1.29 is 9.53 Å². The molecule has 1 atom stereocenters. The highest BCUT2D eigenvalue weighted by molar-refractivity contribution is 5.80. The van der Waals surface area contributed by atoms with Crippen molar-refractivity contribution in [3.8, 4) is 0 Å². The molecular weight excluding hydrogens is 370 g/mol. The molecule has 3 N–H and O–H groups in total. The van der Waals surface area contributed by atoms with Crippen molar-refractivity contribution in [1.29, 1.82) is 0 Å². The standard InChI is InChI=1S/C20H37N7O2/c1-8-10-11-16(13-23-19(28)29-20(4,5)6)24-18(21-12-9-2)22-14-17-26-25-15(3)27(17)7/h9,16H,2,8,10-14H2,1,3-7H3,(H,23,28)(H2,21,22,24). The number of amides is 1. The van der Waals surface area contributed by atoms with E-state index in [1.54, 1.807) is 6.08 Å². The number of nitrogens with one attached hydrogen (secondary N) is 3. The van der Waals surface area contributed by atoms with Crippen molar-refractivity contribution in [2.75, 3.05) is 13.1 Å². The Morgan fingerprint density at radius 1 is 1.34 bits per heavy atom. The molecule has 0 saturated carbocycles. The van der Waals surface area contributed by atoms with Crippen LogP contribution in [0.4, 0.5) is 4.79 Å². The fraction of sp³-hybridized carbons (Fsp3) is 0.700. The molecule has 0 saturated heterocycles. The summed E-state index contributed by atoms with van der Waals surface area (Å²) in [4.78, 5) is 16.6. The lowest BCUT2D eigenvalue weighted by molar-refractivity contribution is 0.0523. The monoisotopic (exact) mass is 407 g/mol. The number of carbonyl (C=O) groups is 1. The van der Waals surface area contributed by atoms with Gasteiger partial charge in [0.25, 0.3) is 0 Å². The number of aliphatic imine (C=N–C) groups is 1. The molecule has 29 heavy (non-hydrogen) atoms. The first-order valence-corrected chi connectivity index (χ1v) is 10.1. The number of alkyl carbamates (subject to hydrolysis) is 1. The highest BCUT2D eigenvalue weighted by Crippen LogP contribution is 2.07. The van der Waals surface area contributed by atoms with Gasteiger partial charge in [0.05, 0.1) is 0 Å². The SMILES string of the molecule is C=CCNC(=NCc1nnc(C)n1C)NC(CCCC)CNC(=O)OC(C)(C)C. The Morgan fingerprint density at radius 3 is 2.62 bits per heavy atom. The van der Waals surface area contributed by atoms with E-state index in [9.17, 15) is 4.79 Å². The molecule has 0 spiro atoms. The topological polar surface area (TPSA) is 105 Å². The summed E-state index contributed by atoms with van der Waals surface area (Å²) in [6.07, 6.45) is 4.33. The van der Waals surface area contributed by atoms with Gasteiger partial charge in [0.15, 0.2) is 11.8 Å². The highest BCUT2D eigenvalue weighted by Gasteiger charge is 2.18. The van der Waals surface area contributed by atoms with E-state index in [0.717, 1.165) is 30.9 Å². The quantitative estimate of drug-likeness (QED) is 0.312. The second-order valence-electron chi connectivity index (χ2n) is 7.92. The van der Waals surface area contributed by atoms with Gasteiger partial charge in [-0.1, -0.05) is 25.8 Å². The molecule has 1 aromatic rings. The van der Waals surface area contributed by atoms with Crippen LogP contribution in [0.3, 0.4) is 0 Å². The molecule has 0 aromatic carbocycles. The molecule has 9 heteroatoms. The molecular formula is C20H37N7O2. The lowest BCUT2D eigenvalue weighted by Crippen LogP contribution is -2.49. The zero-order valence-corrected chi connectivity index (χ0v) is 18.7. The third-order valence-corrected chi connectivity index (χ3v) is 4.11. The van der Waals surface area contributed by atoms with E-state index >= 15 is 0 Å². The van der Waals surface area contributed by atoms with E-state index in [0.29, 0.717) is 25.6 Å². The van der Waals surface area contributed by atoms with E-state index in [-0.39, 0.29) is 6.04 Å². The maximum atomic E-state index is 12.0. The van der Waals surface area contributed by atoms with Crippen LogP contribution in [0, 0.1) is 6.92 Å². The molecule has 164 valence electrons. The Labute approximate surface area is 174 Å². The van der Waals surface area contributed by atoms with Crippen LogP contribution >= 0.6 is 0 Å². The number of nitrogens with zero attached hydrogens (tertiary/aromatic N) is 4. The van der Waals surface area contributed by atoms with Crippen LogP contribution in [0.2, 0.25) is 0 Å². The van der Waals surface area contributed by atoms with Crippen molar-refractivity contribution in [2.24, 2.45) is 12.0 Å². The Morgan fingerprint density at radius 2 is 2.07 bits per heavy atom. The molecule has 0 aliphatic carbocycles. The second kappa shape index (κ2) is 12.1. The summed E-state index contributed by atoms with van der Waals surface area (Å²) in [5.41, 5.74) is -0.525. The lowest BCUT2D eigenvalue weighted by atomic mass is 10.1. The van der Waals surface area contributed by atoms with E-state index in [1.807, 2.05) is 39.3 Å². The van der Waals surface area contributed by atoms with Gasteiger partial charge in [-0.05, 0) is 34.1 Å². The Bertz CT molecular complexity index is 677. The lowest BCUT2D eigenvalue weighted by Gasteiger charge is -2.24. The molecule has 0 fully saturated rings. The van der Waals surface area contributed by atoms with Gasteiger partial charge in [0.2, 0.25) is 0 Å². The van der Waals surface area contributed by atoms with Crippen LogP contribution < -0.4 is 16.0 Å². The molecule has 1 rings (SSSR count). The number of carbonyl (C=O) groups excluding carboxylic acids is 1. The molecule has 0 radical (unpaired) electrons. The van der Waals surface area contributed by atoms with Gasteiger partial charge < -0.3 is 25.3 Å². The smallest absolute Gasteiger partial charge is 0.407 e. The fourth-order valence-electron chi connectivity index (χ4n) is 2.45. The van der Waals surface area contributed by atoms with Crippen molar-refractivity contribution in [2.45, 2.75) is 72.1 Å². The number of guanidine groups is 1. The van der Waals surface area contributed by atoms with Crippen molar-refractivity contribution in [3.05, 3.63) is 24.3 Å². The molecule has 1 aromatic heterocycles. The first-order valence-electron chi connectivity index (χ1n) is 10.1. The predicted molar refractivity (Wildman–Crippen MR) is 116 cm³/mol. The summed E-state index contributed by atoms with van der Waals surface area (Å²) in [5.74, 6) is 2.25.